The summed E-state index contributed by atoms with van der Waals surface area (Å²) in [4.78, 5) is 56.7. The number of carbonyl (C=O) groups is 4. The molecule has 210 valence electrons. The van der Waals surface area contributed by atoms with Gasteiger partial charge in [-0.25, -0.2) is 0 Å². The van der Waals surface area contributed by atoms with Crippen molar-refractivity contribution in [3.8, 4) is 5.75 Å². The number of benzene rings is 1. The molecule has 2 heterocycles. The highest BCUT2D eigenvalue weighted by atomic mass is 16.6. The molecule has 1 saturated carbocycles. The summed E-state index contributed by atoms with van der Waals surface area (Å²) >= 11 is 0. The third-order valence-corrected chi connectivity index (χ3v) is 7.97. The number of aliphatic imine (C=N–C) groups is 1. The summed E-state index contributed by atoms with van der Waals surface area (Å²) in [6.45, 7) is 3.73. The van der Waals surface area contributed by atoms with E-state index in [4.69, 9.17) is 9.47 Å². The molecule has 2 amide bonds. The molecule has 39 heavy (non-hydrogen) atoms. The van der Waals surface area contributed by atoms with Crippen LogP contribution in [0.15, 0.2) is 41.5 Å². The molecule has 4 rings (SSSR count). The fourth-order valence-electron chi connectivity index (χ4n) is 5.31. The van der Waals surface area contributed by atoms with Crippen molar-refractivity contribution in [3.05, 3.63) is 42.1 Å². The summed E-state index contributed by atoms with van der Waals surface area (Å²) in [5, 5.41) is 5.70. The van der Waals surface area contributed by atoms with E-state index in [1.165, 1.54) is 0 Å². The maximum atomic E-state index is 13.7. The van der Waals surface area contributed by atoms with Crippen molar-refractivity contribution >= 4 is 29.1 Å². The third-order valence-electron chi connectivity index (χ3n) is 7.97. The molecule has 0 aromatic heterocycles. The first-order valence-corrected chi connectivity index (χ1v) is 13.9. The maximum absolute atomic E-state index is 13.7. The Hall–Kier alpha value is -3.33. The zero-order valence-electron chi connectivity index (χ0n) is 23.0. The lowest BCUT2D eigenvalue weighted by molar-refractivity contribution is -0.134. The molecule has 1 aromatic carbocycles. The number of nitrogens with zero attached hydrogens (tertiary/aromatic N) is 1. The predicted molar refractivity (Wildman–Crippen MR) is 146 cm³/mol. The number of ketones is 2. The fourth-order valence-corrected chi connectivity index (χ4v) is 5.31. The summed E-state index contributed by atoms with van der Waals surface area (Å²) in [5.74, 6) is -0.756. The Balaban J connectivity index is 1.47. The molecule has 4 unspecified atom stereocenters. The van der Waals surface area contributed by atoms with Gasteiger partial charge in [-0.05, 0) is 50.3 Å². The van der Waals surface area contributed by atoms with Gasteiger partial charge in [0.1, 0.15) is 17.1 Å². The second-order valence-corrected chi connectivity index (χ2v) is 11.1. The van der Waals surface area contributed by atoms with Crippen molar-refractivity contribution in [1.29, 1.82) is 0 Å². The van der Waals surface area contributed by atoms with E-state index in [1.54, 1.807) is 33.2 Å². The van der Waals surface area contributed by atoms with Gasteiger partial charge in [-0.1, -0.05) is 43.9 Å². The van der Waals surface area contributed by atoms with E-state index in [-0.39, 0.29) is 23.9 Å². The van der Waals surface area contributed by atoms with Crippen LogP contribution in [-0.2, 0) is 30.3 Å². The molecule has 1 aliphatic carbocycles. The second kappa shape index (κ2) is 12.7. The van der Waals surface area contributed by atoms with E-state index in [1.807, 2.05) is 24.3 Å². The third kappa shape index (κ3) is 7.62. The van der Waals surface area contributed by atoms with Gasteiger partial charge in [-0.3, -0.25) is 24.2 Å². The zero-order valence-corrected chi connectivity index (χ0v) is 23.0. The Labute approximate surface area is 229 Å². The van der Waals surface area contributed by atoms with Crippen LogP contribution in [0.5, 0.6) is 5.75 Å². The number of allylic oxidation sites excluding steroid dienone is 1. The van der Waals surface area contributed by atoms with Gasteiger partial charge in [0.25, 0.3) is 5.91 Å². The number of Topliss-reactive ketones (excluding diaryl/α,β-unsaturated/α-hetero) is 2. The highest BCUT2D eigenvalue weighted by Crippen LogP contribution is 2.34. The highest BCUT2D eigenvalue weighted by Gasteiger charge is 2.50. The van der Waals surface area contributed by atoms with Crippen molar-refractivity contribution in [2.75, 3.05) is 13.7 Å². The molecule has 9 nitrogen and oxygen atoms in total. The van der Waals surface area contributed by atoms with E-state index in [2.05, 4.69) is 15.6 Å². The Morgan fingerprint density at radius 3 is 2.41 bits per heavy atom. The molecule has 2 aliphatic heterocycles. The topological polar surface area (TPSA) is 126 Å². The lowest BCUT2D eigenvalue weighted by Gasteiger charge is -2.26. The molecule has 0 radical (unpaired) electrons. The van der Waals surface area contributed by atoms with E-state index in [0.29, 0.717) is 43.2 Å². The number of hydrogen-bond donors (Lipinski definition) is 2. The summed E-state index contributed by atoms with van der Waals surface area (Å²) in [6.07, 6.45) is 8.91. The van der Waals surface area contributed by atoms with Gasteiger partial charge in [-0.2, -0.15) is 0 Å². The normalized spacial score (nSPS) is 22.5. The van der Waals surface area contributed by atoms with Gasteiger partial charge in [-0.15, -0.1) is 0 Å². The number of epoxide rings is 1. The Bertz CT molecular complexity index is 1130. The summed E-state index contributed by atoms with van der Waals surface area (Å²) in [6, 6.07) is 5.89. The first kappa shape index (κ1) is 28.7. The van der Waals surface area contributed by atoms with Crippen LogP contribution in [0.1, 0.15) is 64.4 Å². The molecular formula is C30H39N3O6. The van der Waals surface area contributed by atoms with Crippen molar-refractivity contribution < 1.29 is 28.7 Å². The van der Waals surface area contributed by atoms with Crippen LogP contribution in [0.3, 0.4) is 0 Å². The average Bonchev–Trinajstić information content (AvgIpc) is 3.32. The van der Waals surface area contributed by atoms with Gasteiger partial charge >= 0.3 is 0 Å². The molecule has 9 heteroatoms. The minimum absolute atomic E-state index is 0.0812. The zero-order chi connectivity index (χ0) is 28.0. The van der Waals surface area contributed by atoms with Crippen LogP contribution in [0.25, 0.3) is 0 Å². The molecular weight excluding hydrogens is 498 g/mol. The van der Waals surface area contributed by atoms with E-state index >= 15 is 0 Å². The number of rotatable bonds is 14. The second-order valence-electron chi connectivity index (χ2n) is 11.1. The number of hydrogen-bond acceptors (Lipinski definition) is 7. The minimum Gasteiger partial charge on any atom is -0.497 e. The molecule has 2 fully saturated rings. The number of methoxy groups -OCH3 is 1. The largest absolute Gasteiger partial charge is 0.497 e. The molecule has 2 N–H and O–H groups in total. The lowest BCUT2D eigenvalue weighted by atomic mass is 9.88. The van der Waals surface area contributed by atoms with Crippen LogP contribution >= 0.6 is 0 Å². The monoisotopic (exact) mass is 537 g/mol. The predicted octanol–water partition coefficient (Wildman–Crippen LogP) is 3.10. The standard InChI is InChI=1S/C30H39N3O6/c1-19(32-29(37)24-9-6-14-31-24)26(34)17-22(15-21-10-12-23(38-3)13-11-21)28(36)33-25(16-20-7-4-5-8-20)27(35)30(2)18-39-30/h6,10-14,19-20,22,25H,4-5,7-9,15-18H2,1-3H3,(H,32,37)(H,33,36). The van der Waals surface area contributed by atoms with E-state index in [9.17, 15) is 19.2 Å². The van der Waals surface area contributed by atoms with Crippen LogP contribution in [0, 0.1) is 11.8 Å². The molecule has 1 aromatic rings. The van der Waals surface area contributed by atoms with Crippen LogP contribution in [0.4, 0.5) is 0 Å². The SMILES string of the molecule is COc1ccc(CC(CC(=O)C(C)NC(=O)C2=NC=CC2)C(=O)NC(CC2CCCC2)C(=O)C2(C)CO2)cc1. The first-order chi connectivity index (χ1) is 18.7. The molecule has 3 aliphatic rings. The van der Waals surface area contributed by atoms with Crippen molar-refractivity contribution in [1.82, 2.24) is 10.6 Å². The number of nitrogens with one attached hydrogen (secondary N) is 2. The maximum Gasteiger partial charge on any atom is 0.266 e. The fraction of sp³-hybridized carbons (Fsp3) is 0.567. The van der Waals surface area contributed by atoms with Crippen molar-refractivity contribution in [2.24, 2.45) is 16.8 Å². The first-order valence-electron chi connectivity index (χ1n) is 13.9. The lowest BCUT2D eigenvalue weighted by Crippen LogP contribution is -2.50. The van der Waals surface area contributed by atoms with E-state index < -0.39 is 29.5 Å². The van der Waals surface area contributed by atoms with Gasteiger partial charge in [0.15, 0.2) is 11.6 Å². The van der Waals surface area contributed by atoms with Crippen LogP contribution in [0.2, 0.25) is 0 Å². The van der Waals surface area contributed by atoms with Crippen LogP contribution in [-0.4, -0.2) is 60.5 Å². The molecule has 1 saturated heterocycles. The van der Waals surface area contributed by atoms with Crippen molar-refractivity contribution in [3.63, 3.8) is 0 Å². The molecule has 0 bridgehead atoms. The Morgan fingerprint density at radius 1 is 1.13 bits per heavy atom. The van der Waals surface area contributed by atoms with Gasteiger partial charge in [0.05, 0.1) is 25.8 Å². The van der Waals surface area contributed by atoms with Crippen molar-refractivity contribution in [2.45, 2.75) is 82.9 Å². The van der Waals surface area contributed by atoms with Gasteiger partial charge in [0.2, 0.25) is 5.91 Å². The summed E-state index contributed by atoms with van der Waals surface area (Å²) < 4.78 is 10.7. The van der Waals surface area contributed by atoms with Crippen LogP contribution < -0.4 is 15.4 Å². The summed E-state index contributed by atoms with van der Waals surface area (Å²) in [7, 11) is 1.58. The number of ether oxygens (including phenoxy) is 2. The number of amides is 2. The molecule has 4 atom stereocenters. The van der Waals surface area contributed by atoms with Gasteiger partial charge in [0, 0.05) is 25.0 Å². The molecule has 0 spiro atoms. The number of carbonyl (C=O) groups excluding carboxylic acids is 4. The van der Waals surface area contributed by atoms with Gasteiger partial charge < -0.3 is 20.1 Å². The minimum atomic E-state index is -0.853. The highest BCUT2D eigenvalue weighted by molar-refractivity contribution is 6.40. The van der Waals surface area contributed by atoms with E-state index in [0.717, 1.165) is 31.2 Å². The smallest absolute Gasteiger partial charge is 0.266 e. The average molecular weight is 538 g/mol. The summed E-state index contributed by atoms with van der Waals surface area (Å²) in [5.41, 5.74) is 0.364. The Kier molecular flexibility index (Phi) is 9.32. The quantitative estimate of drug-likeness (QED) is 0.351. The Morgan fingerprint density at radius 2 is 1.82 bits per heavy atom.